The molecule has 0 fully saturated rings. The summed E-state index contributed by atoms with van der Waals surface area (Å²) in [6, 6.07) is 19.8. The highest BCUT2D eigenvalue weighted by atomic mass is 32.1. The number of hydrogen-bond acceptors (Lipinski definition) is 4. The summed E-state index contributed by atoms with van der Waals surface area (Å²) in [4.78, 5) is 24.2. The first-order valence-electron chi connectivity index (χ1n) is 8.39. The van der Waals surface area contributed by atoms with Gasteiger partial charge in [-0.05, 0) is 46.8 Å². The fourth-order valence-electron chi connectivity index (χ4n) is 2.51. The van der Waals surface area contributed by atoms with Crippen molar-refractivity contribution in [1.29, 1.82) is 0 Å². The average Bonchev–Trinajstić information content (AvgIpc) is 2.70. The van der Waals surface area contributed by atoms with E-state index in [2.05, 4.69) is 16.2 Å². The normalized spacial score (nSPS) is 10.6. The number of rotatable bonds is 3. The standard InChI is InChI=1S/C21H17N3O3S/c25-18-13-16-9-5-4-8-15(16)12-17(18)20(27)23-24-21(28)22-19(26)11-10-14-6-2-1-3-7-14/h1-13,25H,(H,23,27)(H2,22,24,26,28). The van der Waals surface area contributed by atoms with Crippen LogP contribution in [-0.4, -0.2) is 22.0 Å². The fourth-order valence-corrected chi connectivity index (χ4v) is 2.66. The van der Waals surface area contributed by atoms with E-state index < -0.39 is 11.8 Å². The molecule has 0 saturated carbocycles. The van der Waals surface area contributed by atoms with Gasteiger partial charge in [0.15, 0.2) is 5.11 Å². The van der Waals surface area contributed by atoms with Crippen molar-refractivity contribution in [1.82, 2.24) is 16.2 Å². The van der Waals surface area contributed by atoms with Crippen LogP contribution in [0.15, 0.2) is 72.8 Å². The van der Waals surface area contributed by atoms with E-state index in [1.807, 2.05) is 54.6 Å². The van der Waals surface area contributed by atoms with Crippen LogP contribution in [0.4, 0.5) is 0 Å². The summed E-state index contributed by atoms with van der Waals surface area (Å²) in [5, 5.41) is 14.0. The maximum atomic E-state index is 12.3. The maximum absolute atomic E-state index is 12.3. The molecule has 3 aromatic rings. The van der Waals surface area contributed by atoms with E-state index in [9.17, 15) is 14.7 Å². The van der Waals surface area contributed by atoms with Gasteiger partial charge in [0.2, 0.25) is 5.91 Å². The van der Waals surface area contributed by atoms with Crippen LogP contribution < -0.4 is 16.2 Å². The van der Waals surface area contributed by atoms with Crippen LogP contribution >= 0.6 is 12.2 Å². The highest BCUT2D eigenvalue weighted by molar-refractivity contribution is 7.80. The van der Waals surface area contributed by atoms with Gasteiger partial charge in [-0.25, -0.2) is 0 Å². The van der Waals surface area contributed by atoms with E-state index >= 15 is 0 Å². The van der Waals surface area contributed by atoms with Crippen LogP contribution in [0.5, 0.6) is 5.75 Å². The lowest BCUT2D eigenvalue weighted by Crippen LogP contribution is -2.48. The molecule has 0 atom stereocenters. The minimum absolute atomic E-state index is 0.0728. The van der Waals surface area contributed by atoms with Crippen molar-refractivity contribution in [3.05, 3.63) is 83.9 Å². The van der Waals surface area contributed by atoms with E-state index in [4.69, 9.17) is 12.2 Å². The van der Waals surface area contributed by atoms with E-state index in [1.54, 1.807) is 12.1 Å². The lowest BCUT2D eigenvalue weighted by atomic mass is 10.1. The first-order valence-corrected chi connectivity index (χ1v) is 8.80. The molecule has 0 saturated heterocycles. The number of thiocarbonyl (C=S) groups is 1. The number of carbonyl (C=O) groups is 2. The first kappa shape index (κ1) is 19.1. The summed E-state index contributed by atoms with van der Waals surface area (Å²) in [5.41, 5.74) is 5.75. The molecule has 0 heterocycles. The van der Waals surface area contributed by atoms with Crippen molar-refractivity contribution in [2.24, 2.45) is 0 Å². The lowest BCUT2D eigenvalue weighted by molar-refractivity contribution is -0.115. The van der Waals surface area contributed by atoms with Crippen molar-refractivity contribution in [3.8, 4) is 5.75 Å². The van der Waals surface area contributed by atoms with Gasteiger partial charge in [-0.15, -0.1) is 0 Å². The van der Waals surface area contributed by atoms with Crippen LogP contribution in [0.2, 0.25) is 0 Å². The Morgan fingerprint density at radius 1 is 0.893 bits per heavy atom. The molecule has 3 aromatic carbocycles. The second kappa shape index (κ2) is 8.79. The maximum Gasteiger partial charge on any atom is 0.273 e. The summed E-state index contributed by atoms with van der Waals surface area (Å²) >= 11 is 4.99. The molecule has 7 heteroatoms. The number of phenols is 1. The number of nitrogens with one attached hydrogen (secondary N) is 3. The van der Waals surface area contributed by atoms with E-state index in [-0.39, 0.29) is 16.4 Å². The van der Waals surface area contributed by atoms with Gasteiger partial charge in [-0.2, -0.15) is 0 Å². The minimum atomic E-state index is -0.584. The Labute approximate surface area is 166 Å². The molecule has 0 bridgehead atoms. The van der Waals surface area contributed by atoms with Gasteiger partial charge < -0.3 is 5.11 Å². The highest BCUT2D eigenvalue weighted by Gasteiger charge is 2.13. The largest absolute Gasteiger partial charge is 0.507 e. The van der Waals surface area contributed by atoms with Crippen LogP contribution in [0.3, 0.4) is 0 Å². The quantitative estimate of drug-likeness (QED) is 0.313. The molecule has 0 aliphatic rings. The number of fused-ring (bicyclic) bond motifs is 1. The first-order chi connectivity index (χ1) is 13.5. The Kier molecular flexibility index (Phi) is 5.98. The number of aromatic hydroxyl groups is 1. The van der Waals surface area contributed by atoms with E-state index in [0.29, 0.717) is 0 Å². The fraction of sp³-hybridized carbons (Fsp3) is 0. The molecular weight excluding hydrogens is 374 g/mol. The van der Waals surface area contributed by atoms with Gasteiger partial charge in [-0.1, -0.05) is 54.6 Å². The zero-order valence-corrected chi connectivity index (χ0v) is 15.5. The number of phenolic OH excluding ortho intramolecular Hbond substituents is 1. The Balaban J connectivity index is 1.55. The van der Waals surface area contributed by atoms with Gasteiger partial charge in [0.1, 0.15) is 5.75 Å². The van der Waals surface area contributed by atoms with Gasteiger partial charge in [0, 0.05) is 6.08 Å². The SMILES string of the molecule is O=C(C=Cc1ccccc1)NC(=S)NNC(=O)c1cc2ccccc2cc1O. The minimum Gasteiger partial charge on any atom is -0.507 e. The van der Waals surface area contributed by atoms with E-state index in [1.165, 1.54) is 12.1 Å². The van der Waals surface area contributed by atoms with Crippen molar-refractivity contribution < 1.29 is 14.7 Å². The zero-order chi connectivity index (χ0) is 19.9. The van der Waals surface area contributed by atoms with Gasteiger partial charge in [0.25, 0.3) is 5.91 Å². The Bertz CT molecular complexity index is 1060. The number of hydrogen-bond donors (Lipinski definition) is 4. The summed E-state index contributed by atoms with van der Waals surface area (Å²) < 4.78 is 0. The third-order valence-corrected chi connectivity index (χ3v) is 4.07. The van der Waals surface area contributed by atoms with Crippen LogP contribution in [0.1, 0.15) is 15.9 Å². The highest BCUT2D eigenvalue weighted by Crippen LogP contribution is 2.24. The smallest absolute Gasteiger partial charge is 0.273 e. The molecule has 0 aliphatic carbocycles. The second-order valence-corrected chi connectivity index (χ2v) is 6.27. The monoisotopic (exact) mass is 391 g/mol. The predicted molar refractivity (Wildman–Crippen MR) is 112 cm³/mol. The summed E-state index contributed by atoms with van der Waals surface area (Å²) in [5.74, 6) is -1.18. The zero-order valence-electron chi connectivity index (χ0n) is 14.7. The molecule has 140 valence electrons. The van der Waals surface area contributed by atoms with Gasteiger partial charge in [-0.3, -0.25) is 25.8 Å². The molecular formula is C21H17N3O3S. The van der Waals surface area contributed by atoms with Crippen molar-refractivity contribution >= 4 is 46.0 Å². The molecule has 3 rings (SSSR count). The molecule has 6 nitrogen and oxygen atoms in total. The molecule has 4 N–H and O–H groups in total. The van der Waals surface area contributed by atoms with Gasteiger partial charge in [0.05, 0.1) is 5.56 Å². The Hall–Kier alpha value is -3.71. The summed E-state index contributed by atoms with van der Waals surface area (Å²) in [6.45, 7) is 0. The number of hydrazine groups is 1. The Morgan fingerprint density at radius 3 is 2.25 bits per heavy atom. The summed E-state index contributed by atoms with van der Waals surface area (Å²) in [7, 11) is 0. The van der Waals surface area contributed by atoms with Crippen LogP contribution in [0.25, 0.3) is 16.8 Å². The van der Waals surface area contributed by atoms with Crippen molar-refractivity contribution in [2.75, 3.05) is 0 Å². The summed E-state index contributed by atoms with van der Waals surface area (Å²) in [6.07, 6.45) is 2.98. The van der Waals surface area contributed by atoms with Crippen molar-refractivity contribution in [2.45, 2.75) is 0 Å². The molecule has 0 spiro atoms. The van der Waals surface area contributed by atoms with Crippen LogP contribution in [-0.2, 0) is 4.79 Å². The lowest BCUT2D eigenvalue weighted by Gasteiger charge is -2.11. The molecule has 0 aromatic heterocycles. The average molecular weight is 391 g/mol. The van der Waals surface area contributed by atoms with Crippen molar-refractivity contribution in [3.63, 3.8) is 0 Å². The Morgan fingerprint density at radius 2 is 1.54 bits per heavy atom. The number of amides is 2. The van der Waals surface area contributed by atoms with E-state index in [0.717, 1.165) is 16.3 Å². The third-order valence-electron chi connectivity index (χ3n) is 3.86. The molecule has 2 amide bonds. The molecule has 0 aliphatic heterocycles. The molecule has 0 radical (unpaired) electrons. The topological polar surface area (TPSA) is 90.5 Å². The second-order valence-electron chi connectivity index (χ2n) is 5.86. The molecule has 28 heavy (non-hydrogen) atoms. The van der Waals surface area contributed by atoms with Crippen LogP contribution in [0, 0.1) is 0 Å². The van der Waals surface area contributed by atoms with Gasteiger partial charge >= 0.3 is 0 Å². The number of carbonyl (C=O) groups excluding carboxylic acids is 2. The predicted octanol–water partition coefficient (Wildman–Crippen LogP) is 2.89. The number of benzene rings is 3. The third kappa shape index (κ3) is 4.93. The molecule has 0 unspecified atom stereocenters.